The Balaban J connectivity index is 2.10. The molecule has 0 amide bonds. The maximum atomic E-state index is 12.6. The lowest BCUT2D eigenvalue weighted by Crippen LogP contribution is -2.50. The molecule has 0 aliphatic heterocycles. The van der Waals surface area contributed by atoms with Gasteiger partial charge in [0.05, 0.1) is 10.5 Å². The number of carbonyl (C=O) groups is 1. The van der Waals surface area contributed by atoms with Gasteiger partial charge in [-0.15, -0.1) is 0 Å². The normalized spacial score (nSPS) is 18.8. The second-order valence-corrected chi connectivity index (χ2v) is 6.13. The van der Waals surface area contributed by atoms with Gasteiger partial charge in [0, 0.05) is 18.9 Å². The van der Waals surface area contributed by atoms with E-state index in [2.05, 4.69) is 4.72 Å². The van der Waals surface area contributed by atoms with Crippen LogP contribution in [0.4, 0.5) is 8.78 Å². The molecule has 0 heterocycles. The van der Waals surface area contributed by atoms with Crippen molar-refractivity contribution in [2.75, 3.05) is 0 Å². The number of hydrogen-bond acceptors (Lipinski definition) is 3. The van der Waals surface area contributed by atoms with E-state index < -0.39 is 40.8 Å². The highest BCUT2D eigenvalue weighted by atomic mass is 32.2. The van der Waals surface area contributed by atoms with Crippen LogP contribution in [0.3, 0.4) is 0 Å². The average molecular weight is 291 g/mol. The number of sulfonamides is 1. The third-order valence-electron chi connectivity index (χ3n) is 2.82. The van der Waals surface area contributed by atoms with Gasteiger partial charge in [0.1, 0.15) is 0 Å². The van der Waals surface area contributed by atoms with Gasteiger partial charge in [0.2, 0.25) is 10.0 Å². The van der Waals surface area contributed by atoms with Crippen molar-refractivity contribution in [3.63, 3.8) is 0 Å². The molecule has 8 heteroatoms. The summed E-state index contributed by atoms with van der Waals surface area (Å²) in [4.78, 5) is 10.5. The van der Waals surface area contributed by atoms with Gasteiger partial charge >= 0.3 is 5.97 Å². The molecule has 0 unspecified atom stereocenters. The second kappa shape index (κ2) is 4.53. The van der Waals surface area contributed by atoms with Crippen LogP contribution in [-0.2, 0) is 10.0 Å². The number of halogens is 2. The van der Waals surface area contributed by atoms with Crippen molar-refractivity contribution in [2.45, 2.75) is 29.7 Å². The van der Waals surface area contributed by atoms with Crippen LogP contribution >= 0.6 is 0 Å². The Morgan fingerprint density at radius 2 is 1.79 bits per heavy atom. The smallest absolute Gasteiger partial charge is 0.335 e. The third-order valence-corrected chi connectivity index (χ3v) is 4.36. The summed E-state index contributed by atoms with van der Waals surface area (Å²) >= 11 is 0. The van der Waals surface area contributed by atoms with Crippen molar-refractivity contribution >= 4 is 16.0 Å². The highest BCUT2D eigenvalue weighted by Gasteiger charge is 2.46. The summed E-state index contributed by atoms with van der Waals surface area (Å²) in [7, 11) is -3.89. The quantitative estimate of drug-likeness (QED) is 0.879. The Labute approximate surface area is 108 Å². The monoisotopic (exact) mass is 291 g/mol. The van der Waals surface area contributed by atoms with Gasteiger partial charge < -0.3 is 5.11 Å². The highest BCUT2D eigenvalue weighted by Crippen LogP contribution is 2.38. The zero-order chi connectivity index (χ0) is 14.3. The maximum Gasteiger partial charge on any atom is 0.335 e. The van der Waals surface area contributed by atoms with Crippen LogP contribution in [0.2, 0.25) is 0 Å². The second-order valence-electron chi connectivity index (χ2n) is 4.41. The molecule has 5 nitrogen and oxygen atoms in total. The fraction of sp³-hybridized carbons (Fsp3) is 0.364. The molecule has 0 saturated heterocycles. The van der Waals surface area contributed by atoms with Crippen molar-refractivity contribution in [1.82, 2.24) is 4.72 Å². The van der Waals surface area contributed by atoms with E-state index in [0.29, 0.717) is 0 Å². The van der Waals surface area contributed by atoms with Crippen LogP contribution in [0.15, 0.2) is 29.2 Å². The lowest BCUT2D eigenvalue weighted by molar-refractivity contribution is -0.0876. The molecule has 1 aromatic rings. The van der Waals surface area contributed by atoms with E-state index in [9.17, 15) is 22.0 Å². The van der Waals surface area contributed by atoms with Crippen LogP contribution < -0.4 is 4.72 Å². The fourth-order valence-corrected chi connectivity index (χ4v) is 3.04. The van der Waals surface area contributed by atoms with Gasteiger partial charge in [-0.3, -0.25) is 0 Å². The first-order valence-corrected chi connectivity index (χ1v) is 6.91. The largest absolute Gasteiger partial charge is 0.478 e. The van der Waals surface area contributed by atoms with E-state index in [0.717, 1.165) is 24.3 Å². The number of alkyl halides is 2. The summed E-state index contributed by atoms with van der Waals surface area (Å²) in [5.41, 5.74) is -0.0471. The number of carboxylic acid groups (broad SMARTS) is 1. The number of benzene rings is 1. The molecular formula is C11H11F2NO4S. The van der Waals surface area contributed by atoms with Crippen molar-refractivity contribution in [2.24, 2.45) is 0 Å². The van der Waals surface area contributed by atoms with Crippen LogP contribution in [0.25, 0.3) is 0 Å². The molecule has 1 aliphatic rings. The molecule has 1 saturated carbocycles. The molecule has 0 aromatic heterocycles. The predicted octanol–water partition coefficient (Wildman–Crippen LogP) is 1.46. The minimum absolute atomic E-state index is 0.0471. The first kappa shape index (κ1) is 13.9. The van der Waals surface area contributed by atoms with E-state index >= 15 is 0 Å². The number of rotatable bonds is 4. The van der Waals surface area contributed by atoms with Gasteiger partial charge in [-0.25, -0.2) is 26.7 Å². The van der Waals surface area contributed by atoms with E-state index in [4.69, 9.17) is 5.11 Å². The molecule has 2 N–H and O–H groups in total. The molecular weight excluding hydrogens is 280 g/mol. The highest BCUT2D eigenvalue weighted by molar-refractivity contribution is 7.89. The summed E-state index contributed by atoms with van der Waals surface area (Å²) in [6, 6.07) is 3.77. The summed E-state index contributed by atoms with van der Waals surface area (Å²) in [5.74, 6) is -3.98. The van der Waals surface area contributed by atoms with Crippen molar-refractivity contribution in [1.29, 1.82) is 0 Å². The summed E-state index contributed by atoms with van der Waals surface area (Å²) < 4.78 is 51.0. The molecule has 1 aromatic carbocycles. The Hall–Kier alpha value is -1.54. The van der Waals surface area contributed by atoms with Crippen LogP contribution in [0.1, 0.15) is 23.2 Å². The van der Waals surface area contributed by atoms with E-state index in [-0.39, 0.29) is 10.5 Å². The molecule has 1 fully saturated rings. The van der Waals surface area contributed by atoms with Gasteiger partial charge in [-0.2, -0.15) is 0 Å². The summed E-state index contributed by atoms with van der Waals surface area (Å²) in [6.07, 6.45) is -1.03. The number of nitrogens with one attached hydrogen (secondary N) is 1. The molecule has 0 radical (unpaired) electrons. The Morgan fingerprint density at radius 1 is 1.26 bits per heavy atom. The number of aromatic carboxylic acids is 1. The fourth-order valence-electron chi connectivity index (χ4n) is 1.81. The number of hydrogen-bond donors (Lipinski definition) is 2. The van der Waals surface area contributed by atoms with E-state index in [1.807, 2.05) is 0 Å². The topological polar surface area (TPSA) is 83.5 Å². The van der Waals surface area contributed by atoms with Gasteiger partial charge in [0.25, 0.3) is 5.92 Å². The molecule has 2 rings (SSSR count). The maximum absolute atomic E-state index is 12.6. The lowest BCUT2D eigenvalue weighted by atomic mass is 9.89. The van der Waals surface area contributed by atoms with E-state index in [1.165, 1.54) is 0 Å². The number of carboxylic acids is 1. The SMILES string of the molecule is O=C(O)c1ccc(S(=O)(=O)NC2CC(F)(F)C2)cc1. The van der Waals surface area contributed by atoms with Crippen LogP contribution in [-0.4, -0.2) is 31.5 Å². The van der Waals surface area contributed by atoms with Crippen molar-refractivity contribution in [3.05, 3.63) is 29.8 Å². The predicted molar refractivity (Wildman–Crippen MR) is 61.7 cm³/mol. The summed E-state index contributed by atoms with van der Waals surface area (Å²) in [6.45, 7) is 0. The zero-order valence-electron chi connectivity index (χ0n) is 9.64. The van der Waals surface area contributed by atoms with E-state index in [1.54, 1.807) is 0 Å². The molecule has 0 bridgehead atoms. The molecule has 19 heavy (non-hydrogen) atoms. The minimum Gasteiger partial charge on any atom is -0.478 e. The molecule has 104 valence electrons. The van der Waals surface area contributed by atoms with Crippen molar-refractivity contribution < 1.29 is 27.1 Å². The lowest BCUT2D eigenvalue weighted by Gasteiger charge is -2.34. The first-order valence-electron chi connectivity index (χ1n) is 5.43. The van der Waals surface area contributed by atoms with Crippen molar-refractivity contribution in [3.8, 4) is 0 Å². The Bertz CT molecular complexity index is 590. The molecule has 1 aliphatic carbocycles. The Kier molecular flexibility index (Phi) is 3.31. The van der Waals surface area contributed by atoms with Gasteiger partial charge in [-0.1, -0.05) is 0 Å². The van der Waals surface area contributed by atoms with Gasteiger partial charge in [0.15, 0.2) is 0 Å². The van der Waals surface area contributed by atoms with Crippen LogP contribution in [0.5, 0.6) is 0 Å². The summed E-state index contributed by atoms with van der Waals surface area (Å²) in [5, 5.41) is 8.68. The average Bonchev–Trinajstić information content (AvgIpc) is 2.26. The van der Waals surface area contributed by atoms with Crippen LogP contribution in [0, 0.1) is 0 Å². The molecule has 0 atom stereocenters. The molecule has 0 spiro atoms. The minimum atomic E-state index is -3.89. The first-order chi connectivity index (χ1) is 8.70. The standard InChI is InChI=1S/C11H11F2NO4S/c12-11(13)5-8(6-11)14-19(17,18)9-3-1-7(2-4-9)10(15)16/h1-4,8,14H,5-6H2,(H,15,16). The Morgan fingerprint density at radius 3 is 2.21 bits per heavy atom. The van der Waals surface area contributed by atoms with Gasteiger partial charge in [-0.05, 0) is 24.3 Å². The zero-order valence-corrected chi connectivity index (χ0v) is 10.5. The third kappa shape index (κ3) is 3.07.